The van der Waals surface area contributed by atoms with Crippen molar-refractivity contribution in [2.75, 3.05) is 46.9 Å². The Balaban J connectivity index is 0.00000392. The molecule has 2 rings (SSSR count). The van der Waals surface area contributed by atoms with E-state index in [2.05, 4.69) is 22.1 Å². The van der Waals surface area contributed by atoms with Crippen LogP contribution in [0.15, 0.2) is 29.3 Å². The van der Waals surface area contributed by atoms with E-state index < -0.39 is 10.0 Å². The summed E-state index contributed by atoms with van der Waals surface area (Å²) < 4.78 is 32.3. The Morgan fingerprint density at radius 3 is 2.50 bits per heavy atom. The standard InChI is InChI=1S/C19H32N4O3S.HI/c1-4-5-10-22(3)19(20-2)21-15-17-8-6-7-9-18(17)16-27(24,25)23-11-13-26-14-12-23;/h6-9H,4-5,10-16H2,1-3H3,(H,20,21);1H. The average Bonchev–Trinajstić information content (AvgIpc) is 2.68. The van der Waals surface area contributed by atoms with Crippen molar-refractivity contribution in [3.63, 3.8) is 0 Å². The molecule has 1 aliphatic heterocycles. The van der Waals surface area contributed by atoms with Gasteiger partial charge in [0.25, 0.3) is 0 Å². The molecule has 1 aromatic rings. The number of aliphatic imine (C=N–C) groups is 1. The first kappa shape index (κ1) is 25.1. The van der Waals surface area contributed by atoms with Crippen molar-refractivity contribution in [3.8, 4) is 0 Å². The molecular weight excluding hydrogens is 491 g/mol. The van der Waals surface area contributed by atoms with Gasteiger partial charge in [-0.2, -0.15) is 4.31 Å². The van der Waals surface area contributed by atoms with E-state index in [1.165, 1.54) is 4.31 Å². The van der Waals surface area contributed by atoms with Crippen LogP contribution in [-0.2, 0) is 27.1 Å². The van der Waals surface area contributed by atoms with E-state index >= 15 is 0 Å². The lowest BCUT2D eigenvalue weighted by molar-refractivity contribution is 0.0729. The van der Waals surface area contributed by atoms with Gasteiger partial charge < -0.3 is 15.0 Å². The number of hydrogen-bond donors (Lipinski definition) is 1. The zero-order chi connectivity index (χ0) is 19.7. The first-order valence-electron chi connectivity index (χ1n) is 9.52. The van der Waals surface area contributed by atoms with Crippen molar-refractivity contribution in [2.45, 2.75) is 32.1 Å². The summed E-state index contributed by atoms with van der Waals surface area (Å²) in [7, 11) is 0.431. The molecule has 1 heterocycles. The van der Waals surface area contributed by atoms with Crippen molar-refractivity contribution < 1.29 is 13.2 Å². The largest absolute Gasteiger partial charge is 0.379 e. The van der Waals surface area contributed by atoms with Gasteiger partial charge in [0.05, 0.1) is 19.0 Å². The number of ether oxygens (including phenoxy) is 1. The molecule has 0 aliphatic carbocycles. The number of nitrogens with zero attached hydrogens (tertiary/aromatic N) is 3. The number of unbranched alkanes of at least 4 members (excludes halogenated alkanes) is 1. The third kappa shape index (κ3) is 7.49. The van der Waals surface area contributed by atoms with Crippen LogP contribution >= 0.6 is 24.0 Å². The topological polar surface area (TPSA) is 74.2 Å². The molecule has 7 nitrogen and oxygen atoms in total. The fourth-order valence-electron chi connectivity index (χ4n) is 3.04. The van der Waals surface area contributed by atoms with Crippen LogP contribution in [0.2, 0.25) is 0 Å². The maximum Gasteiger partial charge on any atom is 0.218 e. The number of guanidine groups is 1. The summed E-state index contributed by atoms with van der Waals surface area (Å²) in [6.45, 7) is 5.41. The Kier molecular flexibility index (Phi) is 11.3. The molecule has 0 spiro atoms. The third-order valence-corrected chi connectivity index (χ3v) is 6.50. The first-order chi connectivity index (χ1) is 13.0. The van der Waals surface area contributed by atoms with E-state index in [1.54, 1.807) is 7.05 Å². The lowest BCUT2D eigenvalue weighted by Crippen LogP contribution is -2.41. The molecule has 0 aromatic heterocycles. The molecule has 0 radical (unpaired) electrons. The van der Waals surface area contributed by atoms with Gasteiger partial charge >= 0.3 is 0 Å². The molecule has 0 unspecified atom stereocenters. The van der Waals surface area contributed by atoms with Gasteiger partial charge in [0, 0.05) is 40.3 Å². The zero-order valence-electron chi connectivity index (χ0n) is 17.1. The Morgan fingerprint density at radius 1 is 1.25 bits per heavy atom. The maximum atomic E-state index is 12.7. The fraction of sp³-hybridized carbons (Fsp3) is 0.632. The SMILES string of the molecule is CCCCN(C)C(=NC)NCc1ccccc1CS(=O)(=O)N1CCOCC1.I. The quantitative estimate of drug-likeness (QED) is 0.321. The molecule has 9 heteroatoms. The number of hydrogen-bond acceptors (Lipinski definition) is 4. The van der Waals surface area contributed by atoms with Gasteiger partial charge in [0.15, 0.2) is 5.96 Å². The molecule has 1 aliphatic rings. The number of rotatable bonds is 8. The molecule has 0 amide bonds. The van der Waals surface area contributed by atoms with Crippen molar-refractivity contribution >= 4 is 40.0 Å². The Morgan fingerprint density at radius 2 is 1.89 bits per heavy atom. The second kappa shape index (κ2) is 12.6. The third-order valence-electron chi connectivity index (χ3n) is 4.68. The number of morpholine rings is 1. The molecule has 1 fully saturated rings. The Labute approximate surface area is 186 Å². The van der Waals surface area contributed by atoms with E-state index in [1.807, 2.05) is 31.3 Å². The molecule has 1 aromatic carbocycles. The molecule has 160 valence electrons. The van der Waals surface area contributed by atoms with Gasteiger partial charge in [0.1, 0.15) is 0 Å². The van der Waals surface area contributed by atoms with Crippen LogP contribution < -0.4 is 5.32 Å². The summed E-state index contributed by atoms with van der Waals surface area (Å²) in [4.78, 5) is 6.42. The van der Waals surface area contributed by atoms with Crippen LogP contribution in [0.4, 0.5) is 0 Å². The van der Waals surface area contributed by atoms with E-state index in [9.17, 15) is 8.42 Å². The van der Waals surface area contributed by atoms with Crippen LogP contribution in [0.3, 0.4) is 0 Å². The summed E-state index contributed by atoms with van der Waals surface area (Å²) >= 11 is 0. The maximum absolute atomic E-state index is 12.7. The van der Waals surface area contributed by atoms with Crippen molar-refractivity contribution in [3.05, 3.63) is 35.4 Å². The minimum atomic E-state index is -3.35. The Hall–Kier alpha value is -0.910. The van der Waals surface area contributed by atoms with Crippen LogP contribution in [0, 0.1) is 0 Å². The predicted molar refractivity (Wildman–Crippen MR) is 125 cm³/mol. The molecular formula is C19H33IN4O3S. The highest BCUT2D eigenvalue weighted by molar-refractivity contribution is 14.0. The fourth-order valence-corrected chi connectivity index (χ4v) is 4.61. The lowest BCUT2D eigenvalue weighted by Gasteiger charge is -2.26. The predicted octanol–water partition coefficient (Wildman–Crippen LogP) is 2.27. The average molecular weight is 524 g/mol. The number of benzene rings is 1. The number of nitrogens with one attached hydrogen (secondary N) is 1. The van der Waals surface area contributed by atoms with Gasteiger partial charge in [0.2, 0.25) is 10.0 Å². The van der Waals surface area contributed by atoms with Crippen molar-refractivity contribution in [1.82, 2.24) is 14.5 Å². The van der Waals surface area contributed by atoms with Gasteiger partial charge in [-0.25, -0.2) is 8.42 Å². The van der Waals surface area contributed by atoms with Crippen molar-refractivity contribution in [2.24, 2.45) is 4.99 Å². The van der Waals surface area contributed by atoms with Gasteiger partial charge in [-0.15, -0.1) is 24.0 Å². The zero-order valence-corrected chi connectivity index (χ0v) is 20.2. The van der Waals surface area contributed by atoms with E-state index in [0.29, 0.717) is 32.8 Å². The highest BCUT2D eigenvalue weighted by Crippen LogP contribution is 2.16. The highest BCUT2D eigenvalue weighted by atomic mass is 127. The van der Waals surface area contributed by atoms with E-state index in [4.69, 9.17) is 4.74 Å². The van der Waals surface area contributed by atoms with Gasteiger partial charge in [-0.05, 0) is 17.5 Å². The van der Waals surface area contributed by atoms with Crippen LogP contribution in [-0.4, -0.2) is 70.5 Å². The van der Waals surface area contributed by atoms with E-state index in [0.717, 1.165) is 36.5 Å². The summed E-state index contributed by atoms with van der Waals surface area (Å²) in [5, 5.41) is 3.35. The molecule has 0 bridgehead atoms. The van der Waals surface area contributed by atoms with Crippen LogP contribution in [0.25, 0.3) is 0 Å². The van der Waals surface area contributed by atoms with E-state index in [-0.39, 0.29) is 29.7 Å². The molecule has 1 saturated heterocycles. The highest BCUT2D eigenvalue weighted by Gasteiger charge is 2.25. The summed E-state index contributed by atoms with van der Waals surface area (Å²) in [5.41, 5.74) is 1.79. The Bertz CT molecular complexity index is 722. The second-order valence-electron chi connectivity index (χ2n) is 6.71. The van der Waals surface area contributed by atoms with Gasteiger partial charge in [-0.1, -0.05) is 37.6 Å². The molecule has 0 saturated carbocycles. The monoisotopic (exact) mass is 524 g/mol. The minimum absolute atomic E-state index is 0. The normalized spacial score (nSPS) is 15.8. The summed E-state index contributed by atoms with van der Waals surface area (Å²) in [6, 6.07) is 7.68. The van der Waals surface area contributed by atoms with Gasteiger partial charge in [-0.3, -0.25) is 4.99 Å². The molecule has 28 heavy (non-hydrogen) atoms. The summed E-state index contributed by atoms with van der Waals surface area (Å²) in [6.07, 6.45) is 2.23. The van der Waals surface area contributed by atoms with Crippen molar-refractivity contribution in [1.29, 1.82) is 0 Å². The summed E-state index contributed by atoms with van der Waals surface area (Å²) in [5.74, 6) is 0.823. The van der Waals surface area contributed by atoms with Crippen LogP contribution in [0.5, 0.6) is 0 Å². The minimum Gasteiger partial charge on any atom is -0.379 e. The molecule has 0 atom stereocenters. The van der Waals surface area contributed by atoms with Crippen LogP contribution in [0.1, 0.15) is 30.9 Å². The number of sulfonamides is 1. The lowest BCUT2D eigenvalue weighted by atomic mass is 10.1. The second-order valence-corrected chi connectivity index (χ2v) is 8.68. The molecule has 1 N–H and O–H groups in total. The smallest absolute Gasteiger partial charge is 0.218 e. The first-order valence-corrected chi connectivity index (χ1v) is 11.1. The number of halogens is 1.